The first-order chi connectivity index (χ1) is 12.1. The molecule has 1 N–H and O–H groups in total. The van der Waals surface area contributed by atoms with E-state index in [0.29, 0.717) is 25.8 Å². The molecule has 25 heavy (non-hydrogen) atoms. The van der Waals surface area contributed by atoms with E-state index in [9.17, 15) is 9.59 Å². The van der Waals surface area contributed by atoms with Gasteiger partial charge in [0.15, 0.2) is 4.34 Å². The Balaban J connectivity index is 1.53. The molecule has 0 spiro atoms. The quantitative estimate of drug-likeness (QED) is 0.617. The topological polar surface area (TPSA) is 75.2 Å². The van der Waals surface area contributed by atoms with Crippen LogP contribution >= 0.6 is 34.7 Å². The molecular formula is C16H17ClN4O2S2. The van der Waals surface area contributed by atoms with Crippen molar-refractivity contribution in [3.05, 3.63) is 34.9 Å². The Morgan fingerprint density at radius 3 is 2.72 bits per heavy atom. The number of aromatic nitrogens is 2. The van der Waals surface area contributed by atoms with Gasteiger partial charge in [-0.1, -0.05) is 46.8 Å². The van der Waals surface area contributed by atoms with Crippen molar-refractivity contribution in [1.29, 1.82) is 0 Å². The second kappa shape index (κ2) is 8.64. The SMILES string of the molecule is O=C(Nc1nnc(SCC(=O)N2CCCCC2)s1)c1ccccc1Cl. The number of hydrogen-bond acceptors (Lipinski definition) is 6. The van der Waals surface area contributed by atoms with Gasteiger partial charge >= 0.3 is 0 Å². The number of hydrogen-bond donors (Lipinski definition) is 1. The van der Waals surface area contributed by atoms with Gasteiger partial charge in [0.25, 0.3) is 5.91 Å². The molecule has 1 aliphatic heterocycles. The number of rotatable bonds is 5. The Bertz CT molecular complexity index is 762. The minimum atomic E-state index is -0.331. The summed E-state index contributed by atoms with van der Waals surface area (Å²) < 4.78 is 0.653. The van der Waals surface area contributed by atoms with Crippen molar-refractivity contribution in [2.24, 2.45) is 0 Å². The summed E-state index contributed by atoms with van der Waals surface area (Å²) in [7, 11) is 0. The molecule has 1 saturated heterocycles. The maximum atomic E-state index is 12.2. The first-order valence-electron chi connectivity index (χ1n) is 7.93. The Kier molecular flexibility index (Phi) is 6.28. The summed E-state index contributed by atoms with van der Waals surface area (Å²) in [5, 5.41) is 11.4. The van der Waals surface area contributed by atoms with Crippen LogP contribution < -0.4 is 5.32 Å². The fourth-order valence-electron chi connectivity index (χ4n) is 2.49. The third kappa shape index (κ3) is 4.93. The minimum absolute atomic E-state index is 0.126. The molecule has 0 aliphatic carbocycles. The second-order valence-electron chi connectivity index (χ2n) is 5.54. The molecule has 0 saturated carbocycles. The average Bonchev–Trinajstić information content (AvgIpc) is 3.08. The van der Waals surface area contributed by atoms with Crippen LogP contribution in [0.15, 0.2) is 28.6 Å². The van der Waals surface area contributed by atoms with Gasteiger partial charge in [-0.2, -0.15) is 0 Å². The number of thioether (sulfide) groups is 1. The highest BCUT2D eigenvalue weighted by Crippen LogP contribution is 2.27. The lowest BCUT2D eigenvalue weighted by Crippen LogP contribution is -2.36. The van der Waals surface area contributed by atoms with E-state index >= 15 is 0 Å². The van der Waals surface area contributed by atoms with Gasteiger partial charge < -0.3 is 4.90 Å². The summed E-state index contributed by atoms with van der Waals surface area (Å²) >= 11 is 8.60. The molecule has 1 aromatic carbocycles. The van der Waals surface area contributed by atoms with Gasteiger partial charge in [0, 0.05) is 13.1 Å². The normalized spacial score (nSPS) is 14.4. The Morgan fingerprint density at radius 2 is 1.96 bits per heavy atom. The van der Waals surface area contributed by atoms with E-state index in [1.807, 2.05) is 4.90 Å². The summed E-state index contributed by atoms with van der Waals surface area (Å²) in [6.07, 6.45) is 3.35. The maximum Gasteiger partial charge on any atom is 0.259 e. The number of benzene rings is 1. The molecule has 1 aliphatic rings. The summed E-state index contributed by atoms with van der Waals surface area (Å²) in [5.41, 5.74) is 0.383. The van der Waals surface area contributed by atoms with Crippen LogP contribution in [0.1, 0.15) is 29.6 Å². The Morgan fingerprint density at radius 1 is 1.20 bits per heavy atom. The van der Waals surface area contributed by atoms with Crippen molar-refractivity contribution in [1.82, 2.24) is 15.1 Å². The third-order valence-electron chi connectivity index (χ3n) is 3.77. The zero-order valence-electron chi connectivity index (χ0n) is 13.4. The highest BCUT2D eigenvalue weighted by molar-refractivity contribution is 8.01. The number of carbonyl (C=O) groups excluding carboxylic acids is 2. The molecule has 0 atom stereocenters. The van der Waals surface area contributed by atoms with Crippen molar-refractivity contribution in [2.75, 3.05) is 24.2 Å². The van der Waals surface area contributed by atoms with E-state index in [2.05, 4.69) is 15.5 Å². The monoisotopic (exact) mass is 396 g/mol. The van der Waals surface area contributed by atoms with Crippen LogP contribution in [-0.2, 0) is 4.79 Å². The van der Waals surface area contributed by atoms with Gasteiger partial charge in [-0.25, -0.2) is 0 Å². The number of piperidine rings is 1. The molecule has 2 aromatic rings. The van der Waals surface area contributed by atoms with Gasteiger partial charge in [-0.05, 0) is 31.4 Å². The molecule has 0 radical (unpaired) electrons. The smallest absolute Gasteiger partial charge is 0.259 e. The van der Waals surface area contributed by atoms with Crippen LogP contribution in [0.25, 0.3) is 0 Å². The molecule has 2 amide bonds. The number of anilines is 1. The maximum absolute atomic E-state index is 12.2. The number of halogens is 1. The fraction of sp³-hybridized carbons (Fsp3) is 0.375. The van der Waals surface area contributed by atoms with Crippen LogP contribution in [0.4, 0.5) is 5.13 Å². The highest BCUT2D eigenvalue weighted by Gasteiger charge is 2.18. The van der Waals surface area contributed by atoms with Crippen molar-refractivity contribution >= 4 is 51.6 Å². The first kappa shape index (κ1) is 18.2. The van der Waals surface area contributed by atoms with Crippen molar-refractivity contribution in [3.63, 3.8) is 0 Å². The van der Waals surface area contributed by atoms with Gasteiger partial charge in [0.05, 0.1) is 16.3 Å². The fourth-order valence-corrected chi connectivity index (χ4v) is 4.36. The Labute approximate surface area is 159 Å². The average molecular weight is 397 g/mol. The van der Waals surface area contributed by atoms with Crippen LogP contribution in [0, 0.1) is 0 Å². The first-order valence-corrected chi connectivity index (χ1v) is 10.1. The molecule has 3 rings (SSSR count). The van der Waals surface area contributed by atoms with Crippen molar-refractivity contribution in [2.45, 2.75) is 23.6 Å². The lowest BCUT2D eigenvalue weighted by Gasteiger charge is -2.26. The number of nitrogens with zero attached hydrogens (tertiary/aromatic N) is 3. The molecule has 9 heteroatoms. The van der Waals surface area contributed by atoms with E-state index in [0.717, 1.165) is 25.9 Å². The number of nitrogens with one attached hydrogen (secondary N) is 1. The lowest BCUT2D eigenvalue weighted by molar-refractivity contribution is -0.129. The molecule has 0 unspecified atom stereocenters. The van der Waals surface area contributed by atoms with E-state index in [1.54, 1.807) is 24.3 Å². The standard InChI is InChI=1S/C16H17ClN4O2S2/c17-12-7-3-2-6-11(12)14(23)18-15-19-20-16(25-15)24-10-13(22)21-8-4-1-5-9-21/h2-3,6-7H,1,4-5,8-10H2,(H,18,19,23). The van der Waals surface area contributed by atoms with Crippen LogP contribution in [0.2, 0.25) is 5.02 Å². The molecule has 1 fully saturated rings. The van der Waals surface area contributed by atoms with Gasteiger partial charge in [0.2, 0.25) is 11.0 Å². The molecule has 1 aromatic heterocycles. The van der Waals surface area contributed by atoms with E-state index in [1.165, 1.54) is 29.5 Å². The zero-order valence-corrected chi connectivity index (χ0v) is 15.8. The summed E-state index contributed by atoms with van der Waals surface area (Å²) in [6, 6.07) is 6.81. The zero-order chi connectivity index (χ0) is 17.6. The van der Waals surface area contributed by atoms with E-state index in [4.69, 9.17) is 11.6 Å². The Hall–Kier alpha value is -1.64. The molecule has 0 bridgehead atoms. The van der Waals surface area contributed by atoms with Crippen molar-refractivity contribution in [3.8, 4) is 0 Å². The molecular weight excluding hydrogens is 380 g/mol. The summed E-state index contributed by atoms with van der Waals surface area (Å²) in [6.45, 7) is 1.68. The highest BCUT2D eigenvalue weighted by atomic mass is 35.5. The number of likely N-dealkylation sites (tertiary alicyclic amines) is 1. The van der Waals surface area contributed by atoms with E-state index < -0.39 is 0 Å². The predicted molar refractivity (Wildman–Crippen MR) is 100 cm³/mol. The predicted octanol–water partition coefficient (Wildman–Crippen LogP) is 3.55. The van der Waals surface area contributed by atoms with E-state index in [-0.39, 0.29) is 11.8 Å². The van der Waals surface area contributed by atoms with Gasteiger partial charge in [0.1, 0.15) is 0 Å². The molecule has 6 nitrogen and oxygen atoms in total. The molecule has 132 valence electrons. The molecule has 2 heterocycles. The summed E-state index contributed by atoms with van der Waals surface area (Å²) in [5.74, 6) is 0.136. The third-order valence-corrected chi connectivity index (χ3v) is 6.06. The number of amides is 2. The lowest BCUT2D eigenvalue weighted by atomic mass is 10.1. The largest absolute Gasteiger partial charge is 0.342 e. The van der Waals surface area contributed by atoms with Gasteiger partial charge in [-0.3, -0.25) is 14.9 Å². The van der Waals surface area contributed by atoms with Crippen molar-refractivity contribution < 1.29 is 9.59 Å². The van der Waals surface area contributed by atoms with Gasteiger partial charge in [-0.15, -0.1) is 10.2 Å². The van der Waals surface area contributed by atoms with Crippen LogP contribution in [-0.4, -0.2) is 45.8 Å². The minimum Gasteiger partial charge on any atom is -0.342 e. The van der Waals surface area contributed by atoms with Crippen LogP contribution in [0.5, 0.6) is 0 Å². The summed E-state index contributed by atoms with van der Waals surface area (Å²) in [4.78, 5) is 26.2. The second-order valence-corrected chi connectivity index (χ2v) is 8.14. The van der Waals surface area contributed by atoms with Crippen LogP contribution in [0.3, 0.4) is 0 Å². The number of carbonyl (C=O) groups is 2.